The van der Waals surface area contributed by atoms with Crippen molar-refractivity contribution < 1.29 is 9.59 Å². The maximum absolute atomic E-state index is 13.1. The van der Waals surface area contributed by atoms with Crippen LogP contribution in [0.3, 0.4) is 0 Å². The molecule has 40 heavy (non-hydrogen) atoms. The lowest BCUT2D eigenvalue weighted by molar-refractivity contribution is -0.122. The van der Waals surface area contributed by atoms with E-state index in [0.29, 0.717) is 25.6 Å². The van der Waals surface area contributed by atoms with Crippen LogP contribution in [0.1, 0.15) is 55.4 Å². The van der Waals surface area contributed by atoms with Gasteiger partial charge in [-0.05, 0) is 85.0 Å². The summed E-state index contributed by atoms with van der Waals surface area (Å²) in [6.45, 7) is 7.55. The molecule has 1 aliphatic heterocycles. The van der Waals surface area contributed by atoms with Gasteiger partial charge in [-0.2, -0.15) is 0 Å². The van der Waals surface area contributed by atoms with Gasteiger partial charge in [0.05, 0.1) is 5.52 Å². The van der Waals surface area contributed by atoms with Crippen LogP contribution in [0, 0.1) is 5.92 Å². The molecule has 0 spiro atoms. The van der Waals surface area contributed by atoms with E-state index < -0.39 is 0 Å². The maximum Gasteiger partial charge on any atom is 0.318 e. The number of nitrogens with zero attached hydrogens (tertiary/aromatic N) is 4. The lowest BCUT2D eigenvalue weighted by Gasteiger charge is -2.34. The minimum absolute atomic E-state index is 0.0193. The smallest absolute Gasteiger partial charge is 0.318 e. The molecule has 0 bridgehead atoms. The van der Waals surface area contributed by atoms with Crippen LogP contribution < -0.4 is 10.6 Å². The number of aromatic nitrogens is 3. The highest BCUT2D eigenvalue weighted by atomic mass is 16.2. The third-order valence-corrected chi connectivity index (χ3v) is 8.01. The van der Waals surface area contributed by atoms with Gasteiger partial charge in [0, 0.05) is 38.1 Å². The van der Waals surface area contributed by atoms with E-state index in [-0.39, 0.29) is 23.4 Å². The molecular formula is C32H36N6O2. The molecule has 8 nitrogen and oxygen atoms in total. The topological polar surface area (TPSA) is 92.2 Å². The normalized spacial score (nSPS) is 18.4. The molecule has 2 unspecified atom stereocenters. The standard InChI is InChI=1S/C32H36N6O2/c1-32(2,3)34-31(40)38-15-14-24-23(21-11-13-28-29(16-21)37(4)36-35-28)12-10-22(27(24)19-38)18-33-30(39)26-17-25(26)20-8-6-5-7-9-20/h5-13,16,25-26H,14-15,17-19H2,1-4H3,(H,33,39)(H,34,40). The number of carbonyl (C=O) groups excluding carboxylic acids is 2. The van der Waals surface area contributed by atoms with E-state index in [2.05, 4.69) is 57.3 Å². The minimum atomic E-state index is -0.317. The van der Waals surface area contributed by atoms with Crippen LogP contribution in [0.5, 0.6) is 0 Å². The van der Waals surface area contributed by atoms with E-state index in [1.54, 1.807) is 4.68 Å². The fraction of sp³-hybridized carbons (Fsp3) is 0.375. The molecule has 2 heterocycles. The van der Waals surface area contributed by atoms with Crippen LogP contribution in [0.4, 0.5) is 4.79 Å². The molecule has 4 aromatic rings. The number of benzene rings is 3. The fourth-order valence-corrected chi connectivity index (χ4v) is 5.81. The molecule has 206 valence electrons. The molecule has 1 aromatic heterocycles. The third-order valence-electron chi connectivity index (χ3n) is 8.01. The number of nitrogens with one attached hydrogen (secondary N) is 2. The second kappa shape index (κ2) is 10.1. The number of rotatable bonds is 5. The average molecular weight is 537 g/mol. The zero-order chi connectivity index (χ0) is 28.0. The Kier molecular flexibility index (Phi) is 6.56. The highest BCUT2D eigenvalue weighted by Crippen LogP contribution is 2.47. The van der Waals surface area contributed by atoms with Crippen molar-refractivity contribution in [3.05, 3.63) is 82.9 Å². The summed E-state index contributed by atoms with van der Waals surface area (Å²) in [6.07, 6.45) is 1.63. The lowest BCUT2D eigenvalue weighted by Crippen LogP contribution is -2.50. The van der Waals surface area contributed by atoms with Crippen molar-refractivity contribution in [2.24, 2.45) is 13.0 Å². The largest absolute Gasteiger partial charge is 0.352 e. The Bertz CT molecular complexity index is 1590. The quantitative estimate of drug-likeness (QED) is 0.379. The van der Waals surface area contributed by atoms with Gasteiger partial charge >= 0.3 is 6.03 Å². The number of amides is 3. The first-order valence-corrected chi connectivity index (χ1v) is 14.0. The summed E-state index contributed by atoms with van der Waals surface area (Å²) in [4.78, 5) is 28.1. The fourth-order valence-electron chi connectivity index (χ4n) is 5.81. The number of aryl methyl sites for hydroxylation is 1. The van der Waals surface area contributed by atoms with Crippen LogP contribution in [0.25, 0.3) is 22.2 Å². The number of fused-ring (bicyclic) bond motifs is 2. The van der Waals surface area contributed by atoms with Crippen LogP contribution >= 0.6 is 0 Å². The summed E-state index contributed by atoms with van der Waals surface area (Å²) in [5.74, 6) is 0.412. The SMILES string of the molecule is Cn1nnc2ccc(-c3ccc(CNC(=O)C4CC4c4ccccc4)c4c3CCN(C(=O)NC(C)(C)C)C4)cc21. The Balaban J connectivity index is 1.28. The van der Waals surface area contributed by atoms with Gasteiger partial charge in [0.2, 0.25) is 5.91 Å². The number of urea groups is 1. The molecule has 1 aliphatic carbocycles. The Morgan fingerprint density at radius 2 is 1.82 bits per heavy atom. The molecule has 2 atom stereocenters. The second-order valence-electron chi connectivity index (χ2n) is 12.1. The first kappa shape index (κ1) is 26.0. The lowest BCUT2D eigenvalue weighted by atomic mass is 9.87. The molecule has 8 heteroatoms. The number of hydrogen-bond acceptors (Lipinski definition) is 4. The average Bonchev–Trinajstić information content (AvgIpc) is 3.67. The first-order valence-electron chi connectivity index (χ1n) is 14.0. The Morgan fingerprint density at radius 1 is 1.02 bits per heavy atom. The minimum Gasteiger partial charge on any atom is -0.352 e. The van der Waals surface area contributed by atoms with Crippen molar-refractivity contribution in [2.75, 3.05) is 6.54 Å². The predicted molar refractivity (Wildman–Crippen MR) is 155 cm³/mol. The number of carbonyl (C=O) groups is 2. The van der Waals surface area contributed by atoms with Gasteiger partial charge in [0.25, 0.3) is 0 Å². The van der Waals surface area contributed by atoms with Crippen molar-refractivity contribution in [3.63, 3.8) is 0 Å². The molecule has 0 saturated heterocycles. The van der Waals surface area contributed by atoms with Gasteiger partial charge < -0.3 is 15.5 Å². The summed E-state index contributed by atoms with van der Waals surface area (Å²) in [5, 5.41) is 14.7. The molecule has 2 N–H and O–H groups in total. The van der Waals surface area contributed by atoms with Crippen LogP contribution in [-0.4, -0.2) is 43.9 Å². The third kappa shape index (κ3) is 5.18. The van der Waals surface area contributed by atoms with E-state index in [9.17, 15) is 9.59 Å². The van der Waals surface area contributed by atoms with Crippen molar-refractivity contribution >= 4 is 23.0 Å². The van der Waals surface area contributed by atoms with Gasteiger partial charge in [-0.3, -0.25) is 4.79 Å². The van der Waals surface area contributed by atoms with Crippen LogP contribution in [0.2, 0.25) is 0 Å². The van der Waals surface area contributed by atoms with Crippen molar-refractivity contribution in [2.45, 2.75) is 58.2 Å². The summed E-state index contributed by atoms with van der Waals surface area (Å²) in [5.41, 5.74) is 8.39. The van der Waals surface area contributed by atoms with E-state index in [1.807, 2.05) is 57.0 Å². The Hall–Kier alpha value is -4.20. The molecule has 6 rings (SSSR count). The molecule has 3 amide bonds. The first-order chi connectivity index (χ1) is 19.2. The molecule has 1 fully saturated rings. The van der Waals surface area contributed by atoms with E-state index >= 15 is 0 Å². The zero-order valence-corrected chi connectivity index (χ0v) is 23.6. The van der Waals surface area contributed by atoms with E-state index in [1.165, 1.54) is 11.1 Å². The monoisotopic (exact) mass is 536 g/mol. The molecule has 2 aliphatic rings. The van der Waals surface area contributed by atoms with E-state index in [4.69, 9.17) is 0 Å². The molecule has 0 radical (unpaired) electrons. The highest BCUT2D eigenvalue weighted by Gasteiger charge is 2.43. The molecule has 3 aromatic carbocycles. The van der Waals surface area contributed by atoms with Crippen LogP contribution in [0.15, 0.2) is 60.7 Å². The van der Waals surface area contributed by atoms with Gasteiger partial charge in [-0.15, -0.1) is 5.10 Å². The Labute approximate surface area is 234 Å². The van der Waals surface area contributed by atoms with E-state index in [0.717, 1.165) is 46.1 Å². The summed E-state index contributed by atoms with van der Waals surface area (Å²) in [7, 11) is 1.90. The maximum atomic E-state index is 13.1. The summed E-state index contributed by atoms with van der Waals surface area (Å²) < 4.78 is 1.79. The molecule has 1 saturated carbocycles. The predicted octanol–water partition coefficient (Wildman–Crippen LogP) is 4.92. The van der Waals surface area contributed by atoms with Gasteiger partial charge in [0.15, 0.2) is 0 Å². The second-order valence-corrected chi connectivity index (χ2v) is 12.1. The van der Waals surface area contributed by atoms with Crippen molar-refractivity contribution in [3.8, 4) is 11.1 Å². The summed E-state index contributed by atoms with van der Waals surface area (Å²) >= 11 is 0. The van der Waals surface area contributed by atoms with Crippen LogP contribution in [-0.2, 0) is 31.4 Å². The Morgan fingerprint density at radius 3 is 2.60 bits per heavy atom. The van der Waals surface area contributed by atoms with Gasteiger partial charge in [-0.25, -0.2) is 9.48 Å². The highest BCUT2D eigenvalue weighted by molar-refractivity contribution is 5.84. The molecular weight excluding hydrogens is 500 g/mol. The number of hydrogen-bond donors (Lipinski definition) is 2. The zero-order valence-electron chi connectivity index (χ0n) is 23.6. The van der Waals surface area contributed by atoms with Gasteiger partial charge in [0.1, 0.15) is 5.52 Å². The van der Waals surface area contributed by atoms with Crippen molar-refractivity contribution in [1.29, 1.82) is 0 Å². The van der Waals surface area contributed by atoms with Gasteiger partial charge in [-0.1, -0.05) is 53.7 Å². The summed E-state index contributed by atoms with van der Waals surface area (Å²) in [6, 6.07) is 20.7. The van der Waals surface area contributed by atoms with Crippen molar-refractivity contribution in [1.82, 2.24) is 30.5 Å².